The van der Waals surface area contributed by atoms with E-state index in [0.29, 0.717) is 18.7 Å². The molecule has 1 aliphatic rings. The van der Waals surface area contributed by atoms with Crippen LogP contribution in [0.2, 0.25) is 0 Å². The Kier molecular flexibility index (Phi) is 6.32. The van der Waals surface area contributed by atoms with Crippen LogP contribution in [0, 0.1) is 17.1 Å². The Morgan fingerprint density at radius 1 is 1.35 bits per heavy atom. The Bertz CT molecular complexity index is 1270. The monoisotopic (exact) mass is 474 g/mol. The van der Waals surface area contributed by atoms with Crippen molar-refractivity contribution in [2.75, 3.05) is 25.5 Å². The van der Waals surface area contributed by atoms with E-state index in [9.17, 15) is 27.6 Å². The van der Waals surface area contributed by atoms with Gasteiger partial charge in [-0.1, -0.05) is 6.07 Å². The number of anilines is 1. The van der Waals surface area contributed by atoms with Crippen LogP contribution in [0.15, 0.2) is 42.7 Å². The van der Waals surface area contributed by atoms with Gasteiger partial charge >= 0.3 is 6.18 Å². The van der Waals surface area contributed by atoms with Gasteiger partial charge in [0.05, 0.1) is 42.6 Å². The lowest BCUT2D eigenvalue weighted by atomic mass is 10.0. The molecule has 1 amide bonds. The van der Waals surface area contributed by atoms with Crippen LogP contribution in [0.3, 0.4) is 0 Å². The fourth-order valence-corrected chi connectivity index (χ4v) is 3.61. The van der Waals surface area contributed by atoms with Crippen LogP contribution in [-0.4, -0.2) is 45.9 Å². The van der Waals surface area contributed by atoms with Crippen LogP contribution in [0.5, 0.6) is 0 Å². The molecule has 1 aliphatic heterocycles. The van der Waals surface area contributed by atoms with Crippen molar-refractivity contribution in [2.45, 2.75) is 18.6 Å². The van der Waals surface area contributed by atoms with Crippen molar-refractivity contribution < 1.29 is 27.2 Å². The number of halogens is 4. The average Bonchev–Trinajstić information content (AvgIpc) is 3.42. The third kappa shape index (κ3) is 5.05. The lowest BCUT2D eigenvalue weighted by Crippen LogP contribution is -2.17. The van der Waals surface area contributed by atoms with Crippen LogP contribution >= 0.6 is 0 Å². The molecule has 34 heavy (non-hydrogen) atoms. The molecule has 0 saturated carbocycles. The van der Waals surface area contributed by atoms with Crippen LogP contribution in [0.1, 0.15) is 23.0 Å². The predicted octanol–water partition coefficient (Wildman–Crippen LogP) is 3.57. The molecule has 0 bridgehead atoms. The SMILES string of the molecule is CN1CC(n2cc(-c3c(F)cc(NC(=O)Cc4cccc(C(F)(F)F)n4)cc3C#N)cn2)CO1. The van der Waals surface area contributed by atoms with E-state index in [-0.39, 0.29) is 28.6 Å². The molecule has 12 heteroatoms. The number of nitriles is 1. The molecule has 1 aromatic carbocycles. The van der Waals surface area contributed by atoms with Crippen molar-refractivity contribution in [3.05, 3.63) is 65.5 Å². The van der Waals surface area contributed by atoms with Crippen molar-refractivity contribution in [3.63, 3.8) is 0 Å². The Balaban J connectivity index is 1.52. The number of likely N-dealkylation sites (N-methyl/N-ethyl adjacent to an activating group) is 1. The number of alkyl halides is 3. The van der Waals surface area contributed by atoms with Gasteiger partial charge in [0.25, 0.3) is 0 Å². The maximum Gasteiger partial charge on any atom is 0.433 e. The maximum atomic E-state index is 15.0. The Morgan fingerprint density at radius 3 is 2.82 bits per heavy atom. The topological polar surface area (TPSA) is 96.1 Å². The van der Waals surface area contributed by atoms with Gasteiger partial charge in [0, 0.05) is 36.6 Å². The Hall–Kier alpha value is -3.82. The zero-order valence-electron chi connectivity index (χ0n) is 17.8. The minimum absolute atomic E-state index is 0.00649. The number of hydrogen-bond acceptors (Lipinski definition) is 6. The number of hydroxylamine groups is 2. The van der Waals surface area contributed by atoms with Crippen molar-refractivity contribution in [2.24, 2.45) is 0 Å². The molecule has 8 nitrogen and oxygen atoms in total. The molecule has 0 spiro atoms. The highest BCUT2D eigenvalue weighted by Gasteiger charge is 2.32. The van der Waals surface area contributed by atoms with Crippen molar-refractivity contribution in [1.82, 2.24) is 19.8 Å². The average molecular weight is 474 g/mol. The molecule has 2 aromatic heterocycles. The number of nitrogens with zero attached hydrogens (tertiary/aromatic N) is 5. The molecule has 176 valence electrons. The predicted molar refractivity (Wildman–Crippen MR) is 112 cm³/mol. The number of carbonyl (C=O) groups is 1. The lowest BCUT2D eigenvalue weighted by Gasteiger charge is -2.11. The quantitative estimate of drug-likeness (QED) is 0.568. The molecule has 1 N–H and O–H groups in total. The molecule has 1 atom stereocenters. The smallest absolute Gasteiger partial charge is 0.326 e. The van der Waals surface area contributed by atoms with Crippen molar-refractivity contribution in [3.8, 4) is 17.2 Å². The van der Waals surface area contributed by atoms with E-state index in [1.807, 2.05) is 6.07 Å². The van der Waals surface area contributed by atoms with Gasteiger partial charge in [0.1, 0.15) is 11.5 Å². The van der Waals surface area contributed by atoms with Gasteiger partial charge in [0.15, 0.2) is 0 Å². The molecule has 1 fully saturated rings. The van der Waals surface area contributed by atoms with Gasteiger partial charge in [-0.05, 0) is 24.3 Å². The largest absolute Gasteiger partial charge is 0.433 e. The van der Waals surface area contributed by atoms with Gasteiger partial charge < -0.3 is 5.32 Å². The maximum absolute atomic E-state index is 15.0. The molecular weight excluding hydrogens is 456 g/mol. The Morgan fingerprint density at radius 2 is 2.15 bits per heavy atom. The number of rotatable bonds is 5. The first-order chi connectivity index (χ1) is 16.1. The number of carbonyl (C=O) groups excluding carboxylic acids is 1. The summed E-state index contributed by atoms with van der Waals surface area (Å²) in [6.07, 6.45) is -2.04. The Labute approximate surface area is 191 Å². The second kappa shape index (κ2) is 9.20. The zero-order chi connectivity index (χ0) is 24.5. The number of pyridine rings is 1. The van der Waals surface area contributed by atoms with Gasteiger partial charge in [-0.15, -0.1) is 0 Å². The van der Waals surface area contributed by atoms with Gasteiger partial charge in [-0.25, -0.2) is 9.37 Å². The summed E-state index contributed by atoms with van der Waals surface area (Å²) in [6.45, 7) is 1.01. The second-order valence-corrected chi connectivity index (χ2v) is 7.70. The van der Waals surface area contributed by atoms with Crippen molar-refractivity contribution in [1.29, 1.82) is 5.26 Å². The molecule has 3 aromatic rings. The summed E-state index contributed by atoms with van der Waals surface area (Å²) in [4.78, 5) is 21.1. The van der Waals surface area contributed by atoms with Crippen molar-refractivity contribution >= 4 is 11.6 Å². The van der Waals surface area contributed by atoms with Gasteiger partial charge in [0.2, 0.25) is 5.91 Å². The van der Waals surface area contributed by atoms with E-state index in [4.69, 9.17) is 4.84 Å². The minimum atomic E-state index is -4.64. The highest BCUT2D eigenvalue weighted by Crippen LogP contribution is 2.31. The normalized spacial score (nSPS) is 16.4. The number of aromatic nitrogens is 3. The van der Waals surface area contributed by atoms with E-state index in [1.54, 1.807) is 23.0 Å². The summed E-state index contributed by atoms with van der Waals surface area (Å²) < 4.78 is 55.1. The van der Waals surface area contributed by atoms with E-state index >= 15 is 0 Å². The van der Waals surface area contributed by atoms with Crippen LogP contribution < -0.4 is 5.32 Å². The highest BCUT2D eigenvalue weighted by molar-refractivity contribution is 5.92. The van der Waals surface area contributed by atoms with Crippen LogP contribution in [0.4, 0.5) is 23.2 Å². The van der Waals surface area contributed by atoms with E-state index in [0.717, 1.165) is 18.2 Å². The van der Waals surface area contributed by atoms with Gasteiger partial charge in [-0.3, -0.25) is 14.3 Å². The molecule has 1 saturated heterocycles. The first kappa shape index (κ1) is 23.3. The summed E-state index contributed by atoms with van der Waals surface area (Å²) in [5.41, 5.74) is -0.844. The summed E-state index contributed by atoms with van der Waals surface area (Å²) in [6, 6.07) is 7.41. The summed E-state index contributed by atoms with van der Waals surface area (Å²) in [5.74, 6) is -1.47. The number of amides is 1. The third-order valence-corrected chi connectivity index (χ3v) is 5.15. The molecule has 0 aliphatic carbocycles. The fraction of sp³-hybridized carbons (Fsp3) is 0.273. The van der Waals surface area contributed by atoms with Gasteiger partial charge in [-0.2, -0.15) is 28.6 Å². The fourth-order valence-electron chi connectivity index (χ4n) is 3.61. The molecule has 0 radical (unpaired) electrons. The highest BCUT2D eigenvalue weighted by atomic mass is 19.4. The minimum Gasteiger partial charge on any atom is -0.326 e. The first-order valence-corrected chi connectivity index (χ1v) is 10.1. The summed E-state index contributed by atoms with van der Waals surface area (Å²) >= 11 is 0. The molecule has 4 rings (SSSR count). The number of benzene rings is 1. The van der Waals surface area contributed by atoms with E-state index in [1.165, 1.54) is 18.3 Å². The van der Waals surface area contributed by atoms with E-state index in [2.05, 4.69) is 15.4 Å². The second-order valence-electron chi connectivity index (χ2n) is 7.70. The molecule has 3 heterocycles. The molecule has 1 unspecified atom stereocenters. The lowest BCUT2D eigenvalue weighted by molar-refractivity contribution is -0.141. The summed E-state index contributed by atoms with van der Waals surface area (Å²) in [5, 5.41) is 17.9. The molecular formula is C22H18F4N6O2. The number of hydrogen-bond donors (Lipinski definition) is 1. The summed E-state index contributed by atoms with van der Waals surface area (Å²) in [7, 11) is 1.79. The third-order valence-electron chi connectivity index (χ3n) is 5.15. The number of nitrogens with one attached hydrogen (secondary N) is 1. The standard InChI is InChI=1S/C22H18F4N6O2/c1-31-11-17(12-34-31)32-10-14(9-28-32)21-13(8-27)5-16(6-18(21)23)30-20(33)7-15-3-2-4-19(29-15)22(24,25)26/h2-6,9-10,17H,7,11-12H2,1H3,(H,30,33). The van der Waals surface area contributed by atoms with Crippen LogP contribution in [-0.2, 0) is 22.2 Å². The van der Waals surface area contributed by atoms with Crippen LogP contribution in [0.25, 0.3) is 11.1 Å². The zero-order valence-corrected chi connectivity index (χ0v) is 17.8. The van der Waals surface area contributed by atoms with E-state index < -0.39 is 30.0 Å². The first-order valence-electron chi connectivity index (χ1n) is 10.1.